The summed E-state index contributed by atoms with van der Waals surface area (Å²) in [5.41, 5.74) is 3.23. The van der Waals surface area contributed by atoms with Gasteiger partial charge in [-0.25, -0.2) is 14.6 Å². The average molecular weight is 549 g/mol. The van der Waals surface area contributed by atoms with E-state index in [1.54, 1.807) is 41.9 Å². The van der Waals surface area contributed by atoms with Gasteiger partial charge in [0, 0.05) is 43.5 Å². The Morgan fingerprint density at radius 2 is 1.43 bits per heavy atom. The lowest BCUT2D eigenvalue weighted by Crippen LogP contribution is -2.30. The molecule has 4 aromatic rings. The lowest BCUT2D eigenvalue weighted by molar-refractivity contribution is 0.0253. The minimum Gasteiger partial charge on any atom is -0.497 e. The molecule has 0 spiro atoms. The van der Waals surface area contributed by atoms with E-state index in [-0.39, 0.29) is 12.1 Å². The van der Waals surface area contributed by atoms with Gasteiger partial charge in [-0.3, -0.25) is 0 Å². The molecule has 2 aromatic carbocycles. The van der Waals surface area contributed by atoms with Crippen LogP contribution in [-0.2, 0) is 17.8 Å². The zero-order chi connectivity index (χ0) is 28.1. The number of benzene rings is 2. The van der Waals surface area contributed by atoms with Crippen molar-refractivity contribution < 1.29 is 23.7 Å². The Bertz CT molecular complexity index is 1390. The van der Waals surface area contributed by atoms with Crippen LogP contribution in [0, 0.1) is 0 Å². The number of hydrogen-bond acceptors (Lipinski definition) is 10. The first kappa shape index (κ1) is 27.4. The van der Waals surface area contributed by atoms with Gasteiger partial charge in [0.2, 0.25) is 0 Å². The highest BCUT2D eigenvalue weighted by molar-refractivity contribution is 5.82. The zero-order valence-electron chi connectivity index (χ0n) is 23.7. The number of hydrogen-bond donors (Lipinski definition) is 0. The summed E-state index contributed by atoms with van der Waals surface area (Å²) >= 11 is 0. The van der Waals surface area contributed by atoms with E-state index in [1.165, 1.54) is 0 Å². The van der Waals surface area contributed by atoms with Crippen molar-refractivity contribution in [3.8, 4) is 23.0 Å². The van der Waals surface area contributed by atoms with Crippen molar-refractivity contribution >= 4 is 17.0 Å². The minimum absolute atomic E-state index is 0.0697. The smallest absolute Gasteiger partial charge is 0.184 e. The minimum atomic E-state index is 0.0697. The van der Waals surface area contributed by atoms with E-state index < -0.39 is 0 Å². The monoisotopic (exact) mass is 548 g/mol. The summed E-state index contributed by atoms with van der Waals surface area (Å²) in [4.78, 5) is 11.5. The van der Waals surface area contributed by atoms with Gasteiger partial charge in [0.05, 0.1) is 40.6 Å². The van der Waals surface area contributed by atoms with E-state index in [2.05, 4.69) is 20.2 Å². The van der Waals surface area contributed by atoms with Crippen molar-refractivity contribution in [2.45, 2.75) is 50.9 Å². The van der Waals surface area contributed by atoms with Crippen LogP contribution < -0.4 is 23.8 Å². The highest BCUT2D eigenvalue weighted by Gasteiger charge is 2.30. The molecule has 40 heavy (non-hydrogen) atoms. The quantitative estimate of drug-likeness (QED) is 0.264. The Morgan fingerprint density at radius 3 is 2.00 bits per heavy atom. The van der Waals surface area contributed by atoms with E-state index in [0.29, 0.717) is 41.6 Å². The van der Waals surface area contributed by atoms with Gasteiger partial charge in [0.25, 0.3) is 0 Å². The summed E-state index contributed by atoms with van der Waals surface area (Å²) in [5.74, 6) is 3.53. The molecule has 1 aliphatic carbocycles. The van der Waals surface area contributed by atoms with Crippen molar-refractivity contribution in [1.29, 1.82) is 0 Å². The lowest BCUT2D eigenvalue weighted by atomic mass is 9.92. The van der Waals surface area contributed by atoms with Crippen LogP contribution in [0.4, 0.5) is 5.82 Å². The summed E-state index contributed by atoms with van der Waals surface area (Å²) in [5, 5.41) is 9.16. The number of rotatable bonds is 11. The number of ether oxygens (including phenoxy) is 5. The Balaban J connectivity index is 1.59. The van der Waals surface area contributed by atoms with Gasteiger partial charge < -0.3 is 28.6 Å². The molecule has 0 radical (unpaired) electrons. The van der Waals surface area contributed by atoms with Gasteiger partial charge in [0.15, 0.2) is 17.0 Å². The van der Waals surface area contributed by atoms with E-state index >= 15 is 0 Å². The molecule has 2 aromatic heterocycles. The van der Waals surface area contributed by atoms with Crippen LogP contribution in [0.2, 0.25) is 0 Å². The van der Waals surface area contributed by atoms with Crippen LogP contribution in [0.3, 0.4) is 0 Å². The number of methoxy groups -OCH3 is 5. The molecule has 1 aliphatic rings. The van der Waals surface area contributed by atoms with E-state index in [9.17, 15) is 0 Å². The zero-order valence-corrected chi connectivity index (χ0v) is 23.7. The summed E-state index contributed by atoms with van der Waals surface area (Å²) in [6.07, 6.45) is 5.85. The number of fused-ring (bicyclic) bond motifs is 1. The molecular weight excluding hydrogens is 512 g/mol. The largest absolute Gasteiger partial charge is 0.497 e. The van der Waals surface area contributed by atoms with Crippen LogP contribution in [-0.4, -0.2) is 66.6 Å². The second kappa shape index (κ2) is 12.4. The number of anilines is 1. The fourth-order valence-electron chi connectivity index (χ4n) is 5.42. The molecule has 11 heteroatoms. The predicted molar refractivity (Wildman–Crippen MR) is 150 cm³/mol. The third-order valence-electron chi connectivity index (χ3n) is 7.54. The molecule has 0 bridgehead atoms. The topological polar surface area (TPSA) is 106 Å². The Kier molecular flexibility index (Phi) is 8.49. The molecule has 11 nitrogen and oxygen atoms in total. The third kappa shape index (κ3) is 5.46. The summed E-state index contributed by atoms with van der Waals surface area (Å²) in [7, 11) is 8.34. The van der Waals surface area contributed by atoms with Crippen LogP contribution in [0.5, 0.6) is 23.0 Å². The van der Waals surface area contributed by atoms with Crippen molar-refractivity contribution in [1.82, 2.24) is 25.0 Å². The molecular formula is C29H36N6O5. The second-order valence-electron chi connectivity index (χ2n) is 9.74. The fraction of sp³-hybridized carbons (Fsp3) is 0.448. The van der Waals surface area contributed by atoms with Crippen LogP contribution in [0.15, 0.2) is 42.7 Å². The molecule has 0 aliphatic heterocycles. The maximum Gasteiger partial charge on any atom is 0.184 e. The molecule has 1 saturated carbocycles. The highest BCUT2D eigenvalue weighted by atomic mass is 16.5. The molecule has 2 atom stereocenters. The molecule has 0 saturated heterocycles. The molecule has 0 unspecified atom stereocenters. The first-order valence-corrected chi connectivity index (χ1v) is 13.4. The summed E-state index contributed by atoms with van der Waals surface area (Å²) in [6.45, 7) is 0.955. The molecule has 5 rings (SSSR count). The normalized spacial score (nSPS) is 17.0. The summed E-state index contributed by atoms with van der Waals surface area (Å²) < 4.78 is 30.0. The van der Waals surface area contributed by atoms with Gasteiger partial charge in [-0.1, -0.05) is 18.1 Å². The third-order valence-corrected chi connectivity index (χ3v) is 7.54. The van der Waals surface area contributed by atoms with Gasteiger partial charge >= 0.3 is 0 Å². The van der Waals surface area contributed by atoms with E-state index in [1.807, 2.05) is 41.1 Å². The Labute approximate surface area is 234 Å². The van der Waals surface area contributed by atoms with E-state index in [0.717, 1.165) is 48.3 Å². The Hall–Kier alpha value is -4.12. The molecule has 212 valence electrons. The number of nitrogens with zero attached hydrogens (tertiary/aromatic N) is 6. The number of aromatic nitrogens is 5. The Morgan fingerprint density at radius 1 is 0.800 bits per heavy atom. The molecule has 0 amide bonds. The summed E-state index contributed by atoms with van der Waals surface area (Å²) in [6, 6.07) is 11.7. The maximum absolute atomic E-state index is 5.81. The van der Waals surface area contributed by atoms with Crippen LogP contribution >= 0.6 is 0 Å². The van der Waals surface area contributed by atoms with E-state index in [4.69, 9.17) is 28.7 Å². The van der Waals surface area contributed by atoms with Crippen LogP contribution in [0.25, 0.3) is 11.2 Å². The van der Waals surface area contributed by atoms with Gasteiger partial charge in [-0.2, -0.15) is 0 Å². The van der Waals surface area contributed by atoms with Gasteiger partial charge in [0.1, 0.15) is 29.3 Å². The molecule has 0 N–H and O–H groups in total. The first-order chi connectivity index (χ1) is 19.6. The standard InChI is InChI=1S/C29H36N6O5/c1-36-21-12-10-19(25(14-21)39-4)16-34(17-20-11-13-22(37-2)15-26(20)40-5)28-27-29(31-18-30-28)35(33-32-27)23-8-6-7-9-24(23)38-3/h10-15,18,23-24H,6-9,16-17H2,1-5H3/t23-,24-/m0/s1. The van der Waals surface area contributed by atoms with Gasteiger partial charge in [-0.15, -0.1) is 5.10 Å². The van der Waals surface area contributed by atoms with Gasteiger partial charge in [-0.05, 0) is 37.1 Å². The lowest BCUT2D eigenvalue weighted by Gasteiger charge is -2.30. The molecule has 1 fully saturated rings. The van der Waals surface area contributed by atoms with Crippen LogP contribution in [0.1, 0.15) is 42.9 Å². The predicted octanol–water partition coefficient (Wildman–Crippen LogP) is 4.59. The maximum atomic E-state index is 5.81. The SMILES string of the molecule is COc1ccc(CN(Cc2ccc(OC)cc2OC)c2ncnc3c2nnn3[C@H]2CCCC[C@@H]2OC)c(OC)c1. The van der Waals surface area contributed by atoms with Crippen molar-refractivity contribution in [2.75, 3.05) is 40.4 Å². The first-order valence-electron chi connectivity index (χ1n) is 13.4. The fourth-order valence-corrected chi connectivity index (χ4v) is 5.42. The van der Waals surface area contributed by atoms with Crippen molar-refractivity contribution in [3.05, 3.63) is 53.9 Å². The highest BCUT2D eigenvalue weighted by Crippen LogP contribution is 2.35. The van der Waals surface area contributed by atoms with Crippen molar-refractivity contribution in [3.63, 3.8) is 0 Å². The molecule has 2 heterocycles. The van der Waals surface area contributed by atoms with Crippen molar-refractivity contribution in [2.24, 2.45) is 0 Å². The second-order valence-corrected chi connectivity index (χ2v) is 9.74. The average Bonchev–Trinajstić information content (AvgIpc) is 3.45.